The van der Waals surface area contributed by atoms with Gasteiger partial charge in [0.05, 0.1) is 11.0 Å². The summed E-state index contributed by atoms with van der Waals surface area (Å²) in [5, 5.41) is 14.4. The number of rotatable bonds is 7. The van der Waals surface area contributed by atoms with Crippen LogP contribution in [0.25, 0.3) is 0 Å². The molecule has 0 unspecified atom stereocenters. The monoisotopic (exact) mass is 466 g/mol. The van der Waals surface area contributed by atoms with E-state index in [0.717, 1.165) is 37.1 Å². The van der Waals surface area contributed by atoms with Gasteiger partial charge in [0.2, 0.25) is 11.8 Å². The van der Waals surface area contributed by atoms with Crippen LogP contribution in [-0.2, 0) is 14.3 Å². The number of aryl methyl sites for hydroxylation is 1. The van der Waals surface area contributed by atoms with Crippen molar-refractivity contribution in [2.45, 2.75) is 44.8 Å². The van der Waals surface area contributed by atoms with Crippen LogP contribution in [0.15, 0.2) is 48.5 Å². The summed E-state index contributed by atoms with van der Waals surface area (Å²) >= 11 is 0. The van der Waals surface area contributed by atoms with E-state index >= 15 is 0 Å². The van der Waals surface area contributed by atoms with Crippen LogP contribution in [0, 0.1) is 17.0 Å². The normalized spacial score (nSPS) is 20.8. The van der Waals surface area contributed by atoms with Gasteiger partial charge in [0, 0.05) is 42.1 Å². The predicted molar refractivity (Wildman–Crippen MR) is 129 cm³/mol. The number of nitro benzene ring substituents is 1. The minimum Gasteiger partial charge on any atom is -0.382 e. The van der Waals surface area contributed by atoms with Gasteiger partial charge in [-0.3, -0.25) is 19.7 Å². The maximum Gasteiger partial charge on any atom is 0.272 e. The topological polar surface area (TPSA) is 105 Å². The number of nitrogens with one attached hydrogen (secondary N) is 1. The van der Waals surface area contributed by atoms with E-state index in [9.17, 15) is 19.7 Å². The van der Waals surface area contributed by atoms with Gasteiger partial charge in [0.25, 0.3) is 5.69 Å². The Bertz CT molecular complexity index is 1040. The van der Waals surface area contributed by atoms with Crippen LogP contribution in [0.3, 0.4) is 0 Å². The van der Waals surface area contributed by atoms with E-state index in [2.05, 4.69) is 5.32 Å². The van der Waals surface area contributed by atoms with Crippen molar-refractivity contribution in [1.29, 1.82) is 0 Å². The molecule has 2 amide bonds. The van der Waals surface area contributed by atoms with Crippen molar-refractivity contribution in [2.24, 2.45) is 0 Å². The van der Waals surface area contributed by atoms with E-state index in [1.54, 1.807) is 28.9 Å². The summed E-state index contributed by atoms with van der Waals surface area (Å²) in [6.07, 6.45) is 3.46. The zero-order valence-corrected chi connectivity index (χ0v) is 19.3. The molecule has 9 nitrogen and oxygen atoms in total. The van der Waals surface area contributed by atoms with Gasteiger partial charge in [-0.25, -0.2) is 0 Å². The SMILES string of the molecule is Cc1cc(NC2CCC(OCC(=O)N3CCN(c4ccccc4)C(=O)C3)CC2)ccc1[N+](=O)[O-]. The molecule has 1 heterocycles. The van der Waals surface area contributed by atoms with Crippen LogP contribution in [0.5, 0.6) is 0 Å². The van der Waals surface area contributed by atoms with Crippen molar-refractivity contribution in [3.8, 4) is 0 Å². The first-order valence-corrected chi connectivity index (χ1v) is 11.7. The number of anilines is 2. The second kappa shape index (κ2) is 10.6. The lowest BCUT2D eigenvalue weighted by molar-refractivity contribution is -0.385. The molecule has 1 saturated carbocycles. The molecule has 1 aliphatic carbocycles. The number of amides is 2. The first-order valence-electron chi connectivity index (χ1n) is 11.7. The third-order valence-electron chi connectivity index (χ3n) is 6.52. The van der Waals surface area contributed by atoms with Crippen LogP contribution in [-0.4, -0.2) is 60.0 Å². The van der Waals surface area contributed by atoms with E-state index in [0.29, 0.717) is 18.7 Å². The average Bonchev–Trinajstić information content (AvgIpc) is 2.83. The van der Waals surface area contributed by atoms with Gasteiger partial charge in [-0.1, -0.05) is 18.2 Å². The summed E-state index contributed by atoms with van der Waals surface area (Å²) in [4.78, 5) is 39.0. The van der Waals surface area contributed by atoms with Crippen molar-refractivity contribution in [3.63, 3.8) is 0 Å². The summed E-state index contributed by atoms with van der Waals surface area (Å²) in [6, 6.07) is 14.8. The molecule has 0 aromatic heterocycles. The molecule has 2 aromatic carbocycles. The molecule has 0 radical (unpaired) electrons. The number of hydrogen-bond acceptors (Lipinski definition) is 6. The Labute approximate surface area is 198 Å². The third kappa shape index (κ3) is 5.72. The number of ether oxygens (including phenoxy) is 1. The smallest absolute Gasteiger partial charge is 0.272 e. The molecule has 1 N–H and O–H groups in total. The first kappa shape index (κ1) is 23.7. The van der Waals surface area contributed by atoms with Gasteiger partial charge in [-0.15, -0.1) is 0 Å². The Morgan fingerprint density at radius 3 is 2.50 bits per heavy atom. The maximum absolute atomic E-state index is 12.6. The van der Waals surface area contributed by atoms with Crippen LogP contribution in [0.1, 0.15) is 31.2 Å². The zero-order valence-electron chi connectivity index (χ0n) is 19.3. The molecular weight excluding hydrogens is 436 g/mol. The molecule has 180 valence electrons. The highest BCUT2D eigenvalue weighted by Gasteiger charge is 2.29. The predicted octanol–water partition coefficient (Wildman–Crippen LogP) is 3.52. The first-order chi connectivity index (χ1) is 16.4. The Hall–Kier alpha value is -3.46. The molecule has 0 spiro atoms. The van der Waals surface area contributed by atoms with Gasteiger partial charge < -0.3 is 19.9 Å². The summed E-state index contributed by atoms with van der Waals surface area (Å²) in [7, 11) is 0. The molecule has 9 heteroatoms. The highest BCUT2D eigenvalue weighted by Crippen LogP contribution is 2.27. The number of nitrogens with zero attached hydrogens (tertiary/aromatic N) is 3. The van der Waals surface area contributed by atoms with Crippen LogP contribution in [0.4, 0.5) is 17.1 Å². The molecule has 4 rings (SSSR count). The highest BCUT2D eigenvalue weighted by molar-refractivity contribution is 5.98. The van der Waals surface area contributed by atoms with Gasteiger partial charge >= 0.3 is 0 Å². The highest BCUT2D eigenvalue weighted by atomic mass is 16.6. The van der Waals surface area contributed by atoms with Crippen LogP contribution < -0.4 is 10.2 Å². The third-order valence-corrected chi connectivity index (χ3v) is 6.52. The van der Waals surface area contributed by atoms with E-state index < -0.39 is 0 Å². The fraction of sp³-hybridized carbons (Fsp3) is 0.440. The Balaban J connectivity index is 1.19. The van der Waals surface area contributed by atoms with Gasteiger partial charge in [-0.2, -0.15) is 0 Å². The van der Waals surface area contributed by atoms with E-state index in [1.807, 2.05) is 30.3 Å². The molecule has 2 aromatic rings. The number of carbonyl (C=O) groups excluding carboxylic acids is 2. The van der Waals surface area contributed by atoms with Crippen LogP contribution >= 0.6 is 0 Å². The number of benzene rings is 2. The molecule has 1 aliphatic heterocycles. The Kier molecular flexibility index (Phi) is 7.42. The van der Waals surface area contributed by atoms with Crippen molar-refractivity contribution in [1.82, 2.24) is 4.90 Å². The molecule has 34 heavy (non-hydrogen) atoms. The molecule has 1 saturated heterocycles. The number of nitro groups is 1. The van der Waals surface area contributed by atoms with E-state index in [4.69, 9.17) is 4.74 Å². The van der Waals surface area contributed by atoms with Crippen molar-refractivity contribution in [3.05, 3.63) is 64.2 Å². The summed E-state index contributed by atoms with van der Waals surface area (Å²) in [5.74, 6) is -0.235. The van der Waals surface area contributed by atoms with E-state index in [-0.39, 0.29) is 47.7 Å². The van der Waals surface area contributed by atoms with Crippen molar-refractivity contribution < 1.29 is 19.2 Å². The largest absolute Gasteiger partial charge is 0.382 e. The summed E-state index contributed by atoms with van der Waals surface area (Å²) in [6.45, 7) is 2.77. The minimum atomic E-state index is -0.373. The van der Waals surface area contributed by atoms with Gasteiger partial charge in [0.15, 0.2) is 0 Å². The molecular formula is C25H30N4O5. The summed E-state index contributed by atoms with van der Waals surface area (Å²) < 4.78 is 5.89. The Morgan fingerprint density at radius 2 is 1.85 bits per heavy atom. The lowest BCUT2D eigenvalue weighted by Crippen LogP contribution is -2.53. The fourth-order valence-electron chi connectivity index (χ4n) is 4.61. The maximum atomic E-state index is 12.6. The number of piperazine rings is 1. The quantitative estimate of drug-likeness (QED) is 0.495. The molecule has 0 atom stereocenters. The Morgan fingerprint density at radius 1 is 1.12 bits per heavy atom. The molecule has 2 aliphatic rings. The number of hydrogen-bond donors (Lipinski definition) is 1. The fourth-order valence-corrected chi connectivity index (χ4v) is 4.61. The van der Waals surface area contributed by atoms with Gasteiger partial charge in [-0.05, 0) is 56.9 Å². The minimum absolute atomic E-state index is 0.0110. The lowest BCUT2D eigenvalue weighted by atomic mass is 9.92. The standard InChI is InChI=1S/C25H30N4O5/c1-18-15-20(9-12-23(18)29(32)33)26-19-7-10-22(11-8-19)34-17-25(31)27-13-14-28(24(30)16-27)21-5-3-2-4-6-21/h2-6,9,12,15,19,22,26H,7-8,10-11,13-14,16-17H2,1H3. The number of para-hydroxylation sites is 1. The second-order valence-corrected chi connectivity index (χ2v) is 8.88. The molecule has 0 bridgehead atoms. The van der Waals surface area contributed by atoms with Gasteiger partial charge in [0.1, 0.15) is 13.2 Å². The summed E-state index contributed by atoms with van der Waals surface area (Å²) in [5.41, 5.74) is 2.48. The number of carbonyl (C=O) groups is 2. The van der Waals surface area contributed by atoms with Crippen molar-refractivity contribution >= 4 is 28.9 Å². The lowest BCUT2D eigenvalue weighted by Gasteiger charge is -2.35. The molecule has 2 fully saturated rings. The average molecular weight is 467 g/mol. The second-order valence-electron chi connectivity index (χ2n) is 8.88. The zero-order chi connectivity index (χ0) is 24.1. The van der Waals surface area contributed by atoms with Crippen LogP contribution in [0.2, 0.25) is 0 Å². The van der Waals surface area contributed by atoms with E-state index in [1.165, 1.54) is 6.07 Å². The van der Waals surface area contributed by atoms with Crippen molar-refractivity contribution in [2.75, 3.05) is 36.5 Å².